The topological polar surface area (TPSA) is 76.6 Å². The van der Waals surface area contributed by atoms with Gasteiger partial charge in [0.05, 0.1) is 35.2 Å². The molecule has 0 N–H and O–H groups in total. The van der Waals surface area contributed by atoms with Gasteiger partial charge in [-0.25, -0.2) is 13.4 Å². The van der Waals surface area contributed by atoms with E-state index in [-0.39, 0.29) is 29.6 Å². The number of carbonyl (C=O) groups is 1. The predicted molar refractivity (Wildman–Crippen MR) is 95.2 cm³/mol. The third-order valence-electron chi connectivity index (χ3n) is 6.31. The second-order valence-corrected chi connectivity index (χ2v) is 10.6. The largest absolute Gasteiger partial charge is 0.469 e. The Labute approximate surface area is 152 Å². The number of carbonyl (C=O) groups excluding carboxylic acids is 1. The Kier molecular flexibility index (Phi) is 4.40. The van der Waals surface area contributed by atoms with E-state index in [1.54, 1.807) is 16.8 Å². The molecule has 3 aliphatic heterocycles. The number of thiazole rings is 1. The molecule has 1 aromatic rings. The van der Waals surface area contributed by atoms with Crippen molar-refractivity contribution in [3.63, 3.8) is 0 Å². The number of hydrogen-bond acceptors (Lipinski definition) is 7. The zero-order valence-corrected chi connectivity index (χ0v) is 16.0. The van der Waals surface area contributed by atoms with E-state index in [2.05, 4.69) is 9.88 Å². The van der Waals surface area contributed by atoms with E-state index in [1.807, 2.05) is 5.38 Å². The van der Waals surface area contributed by atoms with E-state index in [0.717, 1.165) is 25.0 Å². The molecule has 0 amide bonds. The molecule has 4 heterocycles. The smallest absolute Gasteiger partial charge is 0.313 e. The summed E-state index contributed by atoms with van der Waals surface area (Å²) in [6, 6.07) is 0.758. The Morgan fingerprint density at radius 3 is 2.72 bits per heavy atom. The first-order valence-electron chi connectivity index (χ1n) is 8.88. The summed E-state index contributed by atoms with van der Waals surface area (Å²) in [5.41, 5.74) is 2.22. The highest BCUT2D eigenvalue weighted by Gasteiger charge is 2.62. The zero-order chi connectivity index (χ0) is 17.7. The van der Waals surface area contributed by atoms with Gasteiger partial charge in [0.2, 0.25) is 0 Å². The molecule has 4 rings (SSSR count). The molecule has 0 unspecified atom stereocenters. The van der Waals surface area contributed by atoms with Crippen LogP contribution in [0.5, 0.6) is 0 Å². The highest BCUT2D eigenvalue weighted by atomic mass is 32.2. The fraction of sp³-hybridized carbons (Fsp3) is 0.765. The Morgan fingerprint density at radius 1 is 1.32 bits per heavy atom. The molecule has 3 saturated heterocycles. The van der Waals surface area contributed by atoms with Crippen molar-refractivity contribution in [2.75, 3.05) is 18.6 Å². The van der Waals surface area contributed by atoms with Crippen LogP contribution in [0.1, 0.15) is 37.8 Å². The van der Waals surface area contributed by atoms with Crippen LogP contribution in [0.2, 0.25) is 0 Å². The standard InChI is InChI=1S/C17H24N2O4S2/c1-23-16(20)17(8-12-10-24-11-18-12)9-14-2-3-15(17)19(14)13-4-6-25(21,22)7-5-13/h10-11,13-15H,2-9H2,1H3/t14-,15+,17+/m1/s1. The molecule has 3 aliphatic rings. The Bertz CT molecular complexity index is 735. The minimum atomic E-state index is -2.88. The molecule has 2 bridgehead atoms. The maximum absolute atomic E-state index is 12.8. The molecular weight excluding hydrogens is 360 g/mol. The Hall–Kier alpha value is -0.990. The quantitative estimate of drug-likeness (QED) is 0.735. The fourth-order valence-electron chi connectivity index (χ4n) is 5.29. The SMILES string of the molecule is COC(=O)[C@@]1(Cc2cscn2)C[C@H]2CC[C@@H]1N2C1CCS(=O)(=O)CC1. The van der Waals surface area contributed by atoms with Gasteiger partial charge in [0.25, 0.3) is 0 Å². The van der Waals surface area contributed by atoms with Gasteiger partial charge in [-0.05, 0) is 32.1 Å². The normalized spacial score (nSPS) is 35.1. The van der Waals surface area contributed by atoms with Crippen molar-refractivity contribution < 1.29 is 17.9 Å². The van der Waals surface area contributed by atoms with E-state index in [0.29, 0.717) is 25.3 Å². The molecule has 0 aliphatic carbocycles. The number of methoxy groups -OCH3 is 1. The monoisotopic (exact) mass is 384 g/mol. The molecule has 6 nitrogen and oxygen atoms in total. The maximum Gasteiger partial charge on any atom is 0.313 e. The molecule has 0 aromatic carbocycles. The maximum atomic E-state index is 12.8. The zero-order valence-electron chi connectivity index (χ0n) is 14.4. The molecular formula is C17H24N2O4S2. The lowest BCUT2D eigenvalue weighted by Crippen LogP contribution is -2.49. The van der Waals surface area contributed by atoms with Gasteiger partial charge in [-0.3, -0.25) is 9.69 Å². The average Bonchev–Trinajstić information content (AvgIpc) is 3.30. The second-order valence-electron chi connectivity index (χ2n) is 7.59. The summed E-state index contributed by atoms with van der Waals surface area (Å²) in [5, 5.41) is 2.01. The number of rotatable bonds is 4. The van der Waals surface area contributed by atoms with Crippen LogP contribution in [0.25, 0.3) is 0 Å². The van der Waals surface area contributed by atoms with Gasteiger partial charge < -0.3 is 4.74 Å². The number of sulfone groups is 1. The summed E-state index contributed by atoms with van der Waals surface area (Å²) in [7, 11) is -1.41. The predicted octanol–water partition coefficient (Wildman–Crippen LogP) is 1.66. The van der Waals surface area contributed by atoms with Gasteiger partial charge in [-0.2, -0.15) is 0 Å². The fourth-order valence-corrected chi connectivity index (χ4v) is 7.31. The first-order chi connectivity index (χ1) is 12.0. The average molecular weight is 385 g/mol. The van der Waals surface area contributed by atoms with Crippen molar-refractivity contribution in [3.05, 3.63) is 16.6 Å². The number of aromatic nitrogens is 1. The highest BCUT2D eigenvalue weighted by Crippen LogP contribution is 2.53. The van der Waals surface area contributed by atoms with Crippen LogP contribution < -0.4 is 0 Å². The molecule has 0 spiro atoms. The highest BCUT2D eigenvalue weighted by molar-refractivity contribution is 7.91. The molecule has 3 fully saturated rings. The van der Waals surface area contributed by atoms with Gasteiger partial charge in [0, 0.05) is 29.9 Å². The van der Waals surface area contributed by atoms with Crippen LogP contribution in [0.3, 0.4) is 0 Å². The van der Waals surface area contributed by atoms with Crippen LogP contribution in [0.15, 0.2) is 10.9 Å². The van der Waals surface area contributed by atoms with Gasteiger partial charge in [0.15, 0.2) is 0 Å². The lowest BCUT2D eigenvalue weighted by atomic mass is 9.71. The van der Waals surface area contributed by atoms with Crippen LogP contribution in [-0.4, -0.2) is 61.0 Å². The van der Waals surface area contributed by atoms with E-state index in [4.69, 9.17) is 4.74 Å². The molecule has 3 atom stereocenters. The van der Waals surface area contributed by atoms with Crippen LogP contribution in [0, 0.1) is 5.41 Å². The molecule has 8 heteroatoms. The van der Waals surface area contributed by atoms with Crippen molar-refractivity contribution in [2.45, 2.75) is 56.7 Å². The van der Waals surface area contributed by atoms with Gasteiger partial charge in [-0.15, -0.1) is 11.3 Å². The molecule has 1 aromatic heterocycles. The lowest BCUT2D eigenvalue weighted by Gasteiger charge is -2.38. The van der Waals surface area contributed by atoms with Gasteiger partial charge >= 0.3 is 5.97 Å². The summed E-state index contributed by atoms with van der Waals surface area (Å²) >= 11 is 1.55. The Balaban J connectivity index is 1.61. The van der Waals surface area contributed by atoms with Crippen LogP contribution in [0.4, 0.5) is 0 Å². The third-order valence-corrected chi connectivity index (χ3v) is 8.66. The molecule has 138 valence electrons. The van der Waals surface area contributed by atoms with E-state index in [1.165, 1.54) is 7.11 Å². The van der Waals surface area contributed by atoms with Crippen LogP contribution >= 0.6 is 11.3 Å². The summed E-state index contributed by atoms with van der Waals surface area (Å²) < 4.78 is 28.8. The third kappa shape index (κ3) is 2.92. The van der Waals surface area contributed by atoms with Crippen molar-refractivity contribution in [1.29, 1.82) is 0 Å². The summed E-state index contributed by atoms with van der Waals surface area (Å²) in [4.78, 5) is 19.7. The first-order valence-corrected chi connectivity index (χ1v) is 11.6. The van der Waals surface area contributed by atoms with Gasteiger partial charge in [0.1, 0.15) is 9.84 Å². The summed E-state index contributed by atoms with van der Waals surface area (Å²) in [6.45, 7) is 0. The second kappa shape index (κ2) is 6.32. The van der Waals surface area contributed by atoms with Gasteiger partial charge in [-0.1, -0.05) is 0 Å². The number of nitrogens with zero attached hydrogens (tertiary/aromatic N) is 2. The minimum Gasteiger partial charge on any atom is -0.469 e. The molecule has 25 heavy (non-hydrogen) atoms. The van der Waals surface area contributed by atoms with E-state index in [9.17, 15) is 13.2 Å². The van der Waals surface area contributed by atoms with E-state index < -0.39 is 15.3 Å². The summed E-state index contributed by atoms with van der Waals surface area (Å²) in [6.07, 6.45) is 4.85. The minimum absolute atomic E-state index is 0.137. The first kappa shape index (κ1) is 17.4. The van der Waals surface area contributed by atoms with Crippen molar-refractivity contribution in [2.24, 2.45) is 5.41 Å². The molecule has 0 saturated carbocycles. The number of esters is 1. The number of fused-ring (bicyclic) bond motifs is 2. The van der Waals surface area contributed by atoms with Crippen molar-refractivity contribution >= 4 is 27.1 Å². The number of ether oxygens (including phenoxy) is 1. The van der Waals surface area contributed by atoms with Crippen LogP contribution in [-0.2, 0) is 25.8 Å². The number of hydrogen-bond donors (Lipinski definition) is 0. The van der Waals surface area contributed by atoms with Crippen molar-refractivity contribution in [3.8, 4) is 0 Å². The summed E-state index contributed by atoms with van der Waals surface area (Å²) in [5.74, 6) is 0.400. The molecule has 0 radical (unpaired) electrons. The van der Waals surface area contributed by atoms with E-state index >= 15 is 0 Å². The lowest BCUT2D eigenvalue weighted by molar-refractivity contribution is -0.155. The van der Waals surface area contributed by atoms with Crippen molar-refractivity contribution in [1.82, 2.24) is 9.88 Å². The Morgan fingerprint density at radius 2 is 2.08 bits per heavy atom.